The van der Waals surface area contributed by atoms with E-state index in [1.807, 2.05) is 12.1 Å². The quantitative estimate of drug-likeness (QED) is 0.333. The zero-order valence-electron chi connectivity index (χ0n) is 20.2. The maximum Gasteiger partial charge on any atom is 0.185 e. The number of nitriles is 1. The summed E-state index contributed by atoms with van der Waals surface area (Å²) >= 11 is 0. The van der Waals surface area contributed by atoms with Crippen LogP contribution in [0.4, 0.5) is 5.69 Å². The molecule has 36 heavy (non-hydrogen) atoms. The fraction of sp³-hybridized carbons (Fsp3) is 0.121. The van der Waals surface area contributed by atoms with Gasteiger partial charge in [0, 0.05) is 48.0 Å². The Hall–Kier alpha value is -4.55. The molecule has 4 aliphatic rings. The summed E-state index contributed by atoms with van der Waals surface area (Å²) < 4.78 is 7.11. The van der Waals surface area contributed by atoms with Crippen LogP contribution in [-0.4, -0.2) is 14.1 Å². The number of ether oxygens (including phenoxy) is 1. The van der Waals surface area contributed by atoms with Crippen molar-refractivity contribution in [1.29, 1.82) is 5.26 Å². The second kappa shape index (κ2) is 7.47. The molecule has 0 saturated heterocycles. The summed E-state index contributed by atoms with van der Waals surface area (Å²) in [6.07, 6.45) is 2.25. The van der Waals surface area contributed by atoms with E-state index in [9.17, 15) is 5.26 Å². The maximum absolute atomic E-state index is 9.37. The topological polar surface area (TPSA) is 36.3 Å². The highest BCUT2D eigenvalue weighted by molar-refractivity contribution is 5.93. The van der Waals surface area contributed by atoms with Crippen molar-refractivity contribution in [2.75, 3.05) is 19.0 Å². The Balaban J connectivity index is 1.51. The van der Waals surface area contributed by atoms with Crippen LogP contribution in [0.2, 0.25) is 0 Å². The first-order valence-corrected chi connectivity index (χ1v) is 12.2. The second-order valence-corrected chi connectivity index (χ2v) is 9.86. The molecule has 172 valence electrons. The van der Waals surface area contributed by atoms with Gasteiger partial charge in [0.1, 0.15) is 5.76 Å². The van der Waals surface area contributed by atoms with E-state index in [1.165, 1.54) is 33.4 Å². The highest BCUT2D eigenvalue weighted by Gasteiger charge is 2.57. The molecule has 1 aliphatic heterocycles. The normalized spacial score (nSPS) is 20.6. The molecule has 0 aromatic heterocycles. The lowest BCUT2D eigenvalue weighted by atomic mass is 9.58. The van der Waals surface area contributed by atoms with Crippen molar-refractivity contribution in [1.82, 2.24) is 0 Å². The van der Waals surface area contributed by atoms with Gasteiger partial charge >= 0.3 is 0 Å². The van der Waals surface area contributed by atoms with Crippen molar-refractivity contribution >= 4 is 17.0 Å². The fourth-order valence-corrected chi connectivity index (χ4v) is 6.18. The molecule has 3 heteroatoms. The molecule has 1 spiro atoms. The Labute approximate surface area is 211 Å². The van der Waals surface area contributed by atoms with Crippen LogP contribution in [-0.2, 0) is 10.3 Å². The lowest BCUT2D eigenvalue weighted by molar-refractivity contribution is 0.126. The summed E-state index contributed by atoms with van der Waals surface area (Å²) in [4.78, 5) is 2.10. The van der Waals surface area contributed by atoms with Crippen molar-refractivity contribution in [2.24, 2.45) is 0 Å². The molecule has 4 aromatic rings. The third-order valence-electron chi connectivity index (χ3n) is 7.79. The zero-order chi connectivity index (χ0) is 24.4. The summed E-state index contributed by atoms with van der Waals surface area (Å²) in [5.41, 5.74) is 10.8. The molecule has 2 bridgehead atoms. The molecule has 0 atom stereocenters. The van der Waals surface area contributed by atoms with Crippen molar-refractivity contribution < 1.29 is 4.74 Å². The average molecular weight is 465 g/mol. The summed E-state index contributed by atoms with van der Waals surface area (Å²) in [5, 5.41) is 9.37. The molecule has 0 fully saturated rings. The first-order chi connectivity index (χ1) is 17.6. The van der Waals surface area contributed by atoms with Crippen LogP contribution in [0.15, 0.2) is 109 Å². The van der Waals surface area contributed by atoms with Crippen LogP contribution in [0.3, 0.4) is 0 Å². The number of allylic oxidation sites excluding steroid dienone is 1. The van der Waals surface area contributed by atoms with Gasteiger partial charge in [0.25, 0.3) is 0 Å². The van der Waals surface area contributed by atoms with Gasteiger partial charge < -0.3 is 9.64 Å². The first-order valence-electron chi connectivity index (χ1n) is 12.2. The fourth-order valence-electron chi connectivity index (χ4n) is 6.18. The minimum atomic E-state index is -0.694. The third-order valence-corrected chi connectivity index (χ3v) is 7.79. The third kappa shape index (κ3) is 2.67. The van der Waals surface area contributed by atoms with E-state index in [0.29, 0.717) is 5.56 Å². The van der Waals surface area contributed by atoms with E-state index >= 15 is 0 Å². The van der Waals surface area contributed by atoms with E-state index in [1.54, 1.807) is 0 Å². The van der Waals surface area contributed by atoms with Gasteiger partial charge in [0.2, 0.25) is 0 Å². The van der Waals surface area contributed by atoms with Gasteiger partial charge in [-0.1, -0.05) is 60.7 Å². The van der Waals surface area contributed by atoms with E-state index in [-0.39, 0.29) is 5.92 Å². The van der Waals surface area contributed by atoms with E-state index in [4.69, 9.17) is 4.74 Å². The summed E-state index contributed by atoms with van der Waals surface area (Å²) in [6, 6.07) is 36.2. The first kappa shape index (κ1) is 20.8. The van der Waals surface area contributed by atoms with Crippen LogP contribution in [0.25, 0.3) is 11.3 Å². The largest absolute Gasteiger partial charge is 0.472 e. The number of nitrogens with zero attached hydrogens (tertiary/aromatic N) is 2. The Morgan fingerprint density at radius 2 is 1.33 bits per heavy atom. The minimum Gasteiger partial charge on any atom is -0.472 e. The van der Waals surface area contributed by atoms with Crippen molar-refractivity contribution in [3.63, 3.8) is 0 Å². The monoisotopic (exact) mass is 464 g/mol. The molecule has 0 radical (unpaired) electrons. The molecule has 8 rings (SSSR count). The van der Waals surface area contributed by atoms with Crippen LogP contribution in [0.5, 0.6) is 0 Å². The number of benzene rings is 4. The van der Waals surface area contributed by atoms with Gasteiger partial charge in [-0.05, 0) is 64.7 Å². The maximum atomic E-state index is 9.37. The highest BCUT2D eigenvalue weighted by atomic mass is 16.5. The Morgan fingerprint density at radius 1 is 0.750 bits per heavy atom. The number of hydrogen-bond acceptors (Lipinski definition) is 3. The SMILES string of the molecule is CN(C)c1ccc(C2=CC3=C(c4ccc(C#N)cc4)C4c5ccccc5C3(O2)c2ccccc24)cc1. The van der Waals surface area contributed by atoms with Crippen LogP contribution in [0, 0.1) is 11.3 Å². The van der Waals surface area contributed by atoms with Gasteiger partial charge in [-0.2, -0.15) is 5.26 Å². The molecule has 0 amide bonds. The number of anilines is 1. The molecule has 0 saturated carbocycles. The van der Waals surface area contributed by atoms with E-state index in [0.717, 1.165) is 22.6 Å². The average Bonchev–Trinajstić information content (AvgIpc) is 3.35. The van der Waals surface area contributed by atoms with Gasteiger partial charge in [0.05, 0.1) is 11.6 Å². The van der Waals surface area contributed by atoms with E-state index < -0.39 is 5.60 Å². The Kier molecular flexibility index (Phi) is 4.32. The summed E-state index contributed by atoms with van der Waals surface area (Å²) in [7, 11) is 4.10. The summed E-state index contributed by atoms with van der Waals surface area (Å²) in [5.74, 6) is 0.992. The minimum absolute atomic E-state index is 0.109. The van der Waals surface area contributed by atoms with Crippen molar-refractivity contribution in [2.45, 2.75) is 11.5 Å². The molecule has 0 N–H and O–H groups in total. The van der Waals surface area contributed by atoms with Gasteiger partial charge in [0.15, 0.2) is 5.60 Å². The molecule has 4 aromatic carbocycles. The Morgan fingerprint density at radius 3 is 1.92 bits per heavy atom. The zero-order valence-corrected chi connectivity index (χ0v) is 20.2. The Bertz CT molecular complexity index is 1590. The van der Waals surface area contributed by atoms with Crippen molar-refractivity contribution in [3.05, 3.63) is 148 Å². The lowest BCUT2D eigenvalue weighted by Crippen LogP contribution is -2.41. The summed E-state index contributed by atoms with van der Waals surface area (Å²) in [6.45, 7) is 0. The molecule has 3 nitrogen and oxygen atoms in total. The predicted molar refractivity (Wildman–Crippen MR) is 143 cm³/mol. The molecular formula is C33H24N2O. The molecular weight excluding hydrogens is 440 g/mol. The molecule has 1 heterocycles. The smallest absolute Gasteiger partial charge is 0.185 e. The van der Waals surface area contributed by atoms with Crippen molar-refractivity contribution in [3.8, 4) is 6.07 Å². The standard InChI is InChI=1S/C33H24N2O/c1-35(2)24-17-15-22(16-18-24)30-19-29-31(23-13-11-21(20-34)12-14-23)32-25-7-3-5-9-27(25)33(29,36-30)28-10-6-4-8-26(28)32/h3-19,32H,1-2H3. The number of hydrogen-bond donors (Lipinski definition) is 0. The van der Waals surface area contributed by atoms with Gasteiger partial charge in [-0.15, -0.1) is 0 Å². The van der Waals surface area contributed by atoms with Gasteiger partial charge in [-0.25, -0.2) is 0 Å². The number of rotatable bonds is 3. The van der Waals surface area contributed by atoms with Crippen LogP contribution < -0.4 is 4.90 Å². The molecule has 0 unspecified atom stereocenters. The van der Waals surface area contributed by atoms with Crippen LogP contribution >= 0.6 is 0 Å². The predicted octanol–water partition coefficient (Wildman–Crippen LogP) is 6.85. The molecule has 3 aliphatic carbocycles. The second-order valence-electron chi connectivity index (χ2n) is 9.86. The van der Waals surface area contributed by atoms with E-state index in [2.05, 4.69) is 116 Å². The lowest BCUT2D eigenvalue weighted by Gasteiger charge is -2.48. The van der Waals surface area contributed by atoms with Gasteiger partial charge in [-0.3, -0.25) is 0 Å². The van der Waals surface area contributed by atoms with Crippen LogP contribution in [0.1, 0.15) is 44.9 Å². The highest BCUT2D eigenvalue weighted by Crippen LogP contribution is 2.65.